The number of guanidine groups is 1. The van der Waals surface area contributed by atoms with Crippen molar-refractivity contribution < 1.29 is 17.9 Å². The lowest BCUT2D eigenvalue weighted by Crippen LogP contribution is -2.42. The van der Waals surface area contributed by atoms with Gasteiger partial charge in [-0.05, 0) is 37.8 Å². The number of rotatable bonds is 7. The number of nitrogens with one attached hydrogen (secondary N) is 2. The Morgan fingerprint density at radius 3 is 2.50 bits per heavy atom. The monoisotopic (exact) mass is 526 g/mol. The first-order valence-electron chi connectivity index (χ1n) is 9.11. The molecule has 2 rings (SSSR count). The van der Waals surface area contributed by atoms with Gasteiger partial charge in [-0.2, -0.15) is 0 Å². The van der Waals surface area contributed by atoms with Crippen molar-refractivity contribution in [3.8, 4) is 11.5 Å². The van der Waals surface area contributed by atoms with Crippen LogP contribution in [0.15, 0.2) is 23.2 Å². The fourth-order valence-electron chi connectivity index (χ4n) is 3.02. The van der Waals surface area contributed by atoms with Gasteiger partial charge in [0, 0.05) is 38.4 Å². The molecule has 0 amide bonds. The van der Waals surface area contributed by atoms with Gasteiger partial charge in [0.1, 0.15) is 0 Å². The molecule has 0 aromatic heterocycles. The second-order valence-corrected chi connectivity index (χ2v) is 8.46. The Labute approximate surface area is 185 Å². The fraction of sp³-hybridized carbons (Fsp3) is 0.611. The molecule has 1 aliphatic heterocycles. The minimum absolute atomic E-state index is 0. The molecule has 160 valence electrons. The predicted octanol–water partition coefficient (Wildman–Crippen LogP) is 2.37. The highest BCUT2D eigenvalue weighted by Crippen LogP contribution is 2.30. The second kappa shape index (κ2) is 11.7. The molecule has 1 fully saturated rings. The van der Waals surface area contributed by atoms with Crippen molar-refractivity contribution in [2.24, 2.45) is 10.9 Å². The molecule has 0 radical (unpaired) electrons. The van der Waals surface area contributed by atoms with E-state index in [2.05, 4.69) is 15.6 Å². The van der Waals surface area contributed by atoms with Crippen LogP contribution in [0.4, 0.5) is 5.69 Å². The van der Waals surface area contributed by atoms with Crippen LogP contribution in [0.2, 0.25) is 0 Å². The minimum atomic E-state index is -3.09. The Balaban J connectivity index is 0.00000392. The summed E-state index contributed by atoms with van der Waals surface area (Å²) in [6.45, 7) is 4.38. The molecule has 0 aliphatic carbocycles. The third-order valence-electron chi connectivity index (χ3n) is 4.55. The summed E-state index contributed by atoms with van der Waals surface area (Å²) in [5.74, 6) is 2.43. The van der Waals surface area contributed by atoms with Crippen LogP contribution in [0.25, 0.3) is 0 Å². The zero-order chi connectivity index (χ0) is 19.9. The van der Waals surface area contributed by atoms with E-state index in [0.717, 1.165) is 25.1 Å². The molecule has 10 heteroatoms. The van der Waals surface area contributed by atoms with Crippen LogP contribution < -0.4 is 20.1 Å². The topological polar surface area (TPSA) is 92.3 Å². The summed E-state index contributed by atoms with van der Waals surface area (Å²) < 4.78 is 35.6. The van der Waals surface area contributed by atoms with Crippen molar-refractivity contribution in [1.82, 2.24) is 9.62 Å². The number of hydrogen-bond acceptors (Lipinski definition) is 5. The van der Waals surface area contributed by atoms with E-state index < -0.39 is 10.0 Å². The smallest absolute Gasteiger partial charge is 0.211 e. The first kappa shape index (κ1) is 24.8. The number of piperidine rings is 1. The lowest BCUT2D eigenvalue weighted by atomic mass is 9.98. The number of hydrogen-bond donors (Lipinski definition) is 2. The summed E-state index contributed by atoms with van der Waals surface area (Å²) in [5, 5.41) is 6.57. The average molecular weight is 526 g/mol. The standard InChI is InChI=1S/C18H30N4O4S.HI/c1-5-26-17-12-15(6-7-16(17)25-3)21-18(19-2)20-13-14-8-10-22(11-9-14)27(4,23)24;/h6-7,12,14H,5,8-11,13H2,1-4H3,(H2,19,20,21);1H. The molecule has 1 saturated heterocycles. The number of anilines is 1. The van der Waals surface area contributed by atoms with Gasteiger partial charge in [0.15, 0.2) is 17.5 Å². The molecule has 0 bridgehead atoms. The maximum absolute atomic E-state index is 11.6. The van der Waals surface area contributed by atoms with E-state index in [1.807, 2.05) is 25.1 Å². The number of methoxy groups -OCH3 is 1. The van der Waals surface area contributed by atoms with Crippen LogP contribution in [0.1, 0.15) is 19.8 Å². The molecule has 1 aliphatic rings. The van der Waals surface area contributed by atoms with Gasteiger partial charge in [-0.15, -0.1) is 24.0 Å². The van der Waals surface area contributed by atoms with Crippen molar-refractivity contribution in [2.75, 3.05) is 52.0 Å². The first-order chi connectivity index (χ1) is 12.9. The largest absolute Gasteiger partial charge is 0.493 e. The Hall–Kier alpha value is -1.27. The van der Waals surface area contributed by atoms with Gasteiger partial charge in [0.05, 0.1) is 20.0 Å². The summed E-state index contributed by atoms with van der Waals surface area (Å²) in [5.41, 5.74) is 0.847. The van der Waals surface area contributed by atoms with Crippen molar-refractivity contribution in [1.29, 1.82) is 0 Å². The van der Waals surface area contributed by atoms with E-state index in [4.69, 9.17) is 9.47 Å². The van der Waals surface area contributed by atoms with Gasteiger partial charge in [0.2, 0.25) is 10.0 Å². The number of nitrogens with zero attached hydrogens (tertiary/aromatic N) is 2. The van der Waals surface area contributed by atoms with Gasteiger partial charge < -0.3 is 20.1 Å². The molecule has 1 aromatic rings. The Morgan fingerprint density at radius 2 is 1.96 bits per heavy atom. The van der Waals surface area contributed by atoms with E-state index >= 15 is 0 Å². The Bertz CT molecular complexity index is 750. The van der Waals surface area contributed by atoms with Crippen LogP contribution in [0.3, 0.4) is 0 Å². The van der Waals surface area contributed by atoms with Crippen LogP contribution in [-0.2, 0) is 10.0 Å². The Morgan fingerprint density at radius 1 is 1.29 bits per heavy atom. The number of halogens is 1. The lowest BCUT2D eigenvalue weighted by Gasteiger charge is -2.30. The van der Waals surface area contributed by atoms with Crippen molar-refractivity contribution >= 4 is 45.6 Å². The molecule has 0 atom stereocenters. The lowest BCUT2D eigenvalue weighted by molar-refractivity contribution is 0.275. The molecule has 1 aromatic carbocycles. The maximum atomic E-state index is 11.6. The average Bonchev–Trinajstić information content (AvgIpc) is 2.65. The number of benzene rings is 1. The zero-order valence-corrected chi connectivity index (χ0v) is 20.0. The highest BCUT2D eigenvalue weighted by molar-refractivity contribution is 14.0. The van der Waals surface area contributed by atoms with E-state index in [1.165, 1.54) is 6.26 Å². The van der Waals surface area contributed by atoms with Gasteiger partial charge in [-0.1, -0.05) is 0 Å². The number of sulfonamides is 1. The summed E-state index contributed by atoms with van der Waals surface area (Å²) in [4.78, 5) is 4.26. The first-order valence-corrected chi connectivity index (χ1v) is 11.0. The van der Waals surface area contributed by atoms with Crippen molar-refractivity contribution in [2.45, 2.75) is 19.8 Å². The maximum Gasteiger partial charge on any atom is 0.211 e. The molecule has 8 nitrogen and oxygen atoms in total. The van der Waals surface area contributed by atoms with E-state index in [1.54, 1.807) is 18.5 Å². The molecular weight excluding hydrogens is 495 g/mol. The van der Waals surface area contributed by atoms with Gasteiger partial charge in [-0.3, -0.25) is 4.99 Å². The number of ether oxygens (including phenoxy) is 2. The van der Waals surface area contributed by atoms with Crippen LogP contribution in [0, 0.1) is 5.92 Å². The Kier molecular flexibility index (Phi) is 10.3. The molecule has 1 heterocycles. The van der Waals surface area contributed by atoms with Crippen LogP contribution in [-0.4, -0.2) is 65.3 Å². The molecule has 2 N–H and O–H groups in total. The summed E-state index contributed by atoms with van der Waals surface area (Å²) in [7, 11) is 0.243. The van der Waals surface area contributed by atoms with Gasteiger partial charge in [0.25, 0.3) is 0 Å². The molecule has 0 saturated carbocycles. The van der Waals surface area contributed by atoms with Crippen molar-refractivity contribution in [3.63, 3.8) is 0 Å². The fourth-order valence-corrected chi connectivity index (χ4v) is 3.90. The SMILES string of the molecule is CCOc1cc(NC(=NC)NCC2CCN(S(C)(=O)=O)CC2)ccc1OC.I. The molecule has 0 unspecified atom stereocenters. The van der Waals surface area contributed by atoms with Crippen LogP contribution in [0.5, 0.6) is 11.5 Å². The van der Waals surface area contributed by atoms with E-state index in [9.17, 15) is 8.42 Å². The third kappa shape index (κ3) is 7.28. The van der Waals surface area contributed by atoms with Gasteiger partial charge >= 0.3 is 0 Å². The molecule has 28 heavy (non-hydrogen) atoms. The summed E-state index contributed by atoms with van der Waals surface area (Å²) >= 11 is 0. The zero-order valence-electron chi connectivity index (χ0n) is 16.9. The molecule has 0 spiro atoms. The van der Waals surface area contributed by atoms with Crippen LogP contribution >= 0.6 is 24.0 Å². The van der Waals surface area contributed by atoms with Crippen molar-refractivity contribution in [3.05, 3.63) is 18.2 Å². The van der Waals surface area contributed by atoms with E-state index in [0.29, 0.717) is 43.1 Å². The van der Waals surface area contributed by atoms with E-state index in [-0.39, 0.29) is 24.0 Å². The minimum Gasteiger partial charge on any atom is -0.493 e. The summed E-state index contributed by atoms with van der Waals surface area (Å²) in [6, 6.07) is 5.63. The highest BCUT2D eigenvalue weighted by atomic mass is 127. The summed E-state index contributed by atoms with van der Waals surface area (Å²) in [6.07, 6.45) is 2.95. The second-order valence-electron chi connectivity index (χ2n) is 6.48. The predicted molar refractivity (Wildman–Crippen MR) is 124 cm³/mol. The highest BCUT2D eigenvalue weighted by Gasteiger charge is 2.24. The molecular formula is C18H31IN4O4S. The number of aliphatic imine (C=N–C) groups is 1. The van der Waals surface area contributed by atoms with Gasteiger partial charge in [-0.25, -0.2) is 12.7 Å². The normalized spacial score (nSPS) is 16.2. The third-order valence-corrected chi connectivity index (χ3v) is 5.85. The quantitative estimate of drug-likeness (QED) is 0.322.